The third-order valence-corrected chi connectivity index (χ3v) is 2.37. The van der Waals surface area contributed by atoms with E-state index in [2.05, 4.69) is 13.8 Å². The molecule has 0 radical (unpaired) electrons. The van der Waals surface area contributed by atoms with Crippen LogP contribution in [0.15, 0.2) is 11.6 Å². The van der Waals surface area contributed by atoms with Gasteiger partial charge in [-0.2, -0.15) is 0 Å². The lowest BCUT2D eigenvalue weighted by Gasteiger charge is -2.25. The Morgan fingerprint density at radius 3 is 2.50 bits per heavy atom. The predicted octanol–water partition coefficient (Wildman–Crippen LogP) is 2.13. The van der Waals surface area contributed by atoms with Crippen LogP contribution in [0.4, 0.5) is 0 Å². The number of hydrogen-bond acceptors (Lipinski definition) is 2. The van der Waals surface area contributed by atoms with Crippen LogP contribution in [0.25, 0.3) is 0 Å². The Morgan fingerprint density at radius 1 is 1.58 bits per heavy atom. The fraction of sp³-hybridized carbons (Fsp3) is 0.800. The zero-order chi connectivity index (χ0) is 9.61. The molecule has 0 saturated carbocycles. The van der Waals surface area contributed by atoms with E-state index in [0.29, 0.717) is 0 Å². The van der Waals surface area contributed by atoms with E-state index in [1.165, 1.54) is 0 Å². The highest BCUT2D eigenvalue weighted by atomic mass is 16.5. The number of aliphatic hydroxyl groups excluding tert-OH is 1. The number of rotatable bonds is 5. The normalized spacial score (nSPS) is 17.6. The Kier molecular flexibility index (Phi) is 5.18. The summed E-state index contributed by atoms with van der Waals surface area (Å²) in [6, 6.07) is 0. The molecule has 2 nitrogen and oxygen atoms in total. The van der Waals surface area contributed by atoms with E-state index in [4.69, 9.17) is 9.84 Å². The average molecular weight is 172 g/mol. The van der Waals surface area contributed by atoms with Crippen molar-refractivity contribution in [2.75, 3.05) is 13.7 Å². The summed E-state index contributed by atoms with van der Waals surface area (Å²) in [6.07, 6.45) is 3.89. The second-order valence-electron chi connectivity index (χ2n) is 3.42. The molecule has 0 aliphatic rings. The van der Waals surface area contributed by atoms with Crippen molar-refractivity contribution in [3.05, 3.63) is 11.6 Å². The predicted molar refractivity (Wildman–Crippen MR) is 51.2 cm³/mol. The number of methoxy groups -OCH3 is 1. The molecule has 0 saturated heterocycles. The first-order valence-electron chi connectivity index (χ1n) is 4.39. The molecule has 1 unspecified atom stereocenters. The molecular formula is C10H20O2. The molecule has 0 aliphatic carbocycles. The molecule has 0 heterocycles. The van der Waals surface area contributed by atoms with E-state index in [9.17, 15) is 0 Å². The van der Waals surface area contributed by atoms with Gasteiger partial charge in [-0.1, -0.05) is 18.6 Å². The van der Waals surface area contributed by atoms with E-state index in [0.717, 1.165) is 18.4 Å². The minimum atomic E-state index is -0.0730. The van der Waals surface area contributed by atoms with Gasteiger partial charge >= 0.3 is 0 Å². The first kappa shape index (κ1) is 11.7. The van der Waals surface area contributed by atoms with E-state index < -0.39 is 0 Å². The summed E-state index contributed by atoms with van der Waals surface area (Å²) < 4.78 is 5.36. The van der Waals surface area contributed by atoms with Gasteiger partial charge in [-0.25, -0.2) is 0 Å². The zero-order valence-electron chi connectivity index (χ0n) is 8.55. The second-order valence-corrected chi connectivity index (χ2v) is 3.42. The first-order valence-corrected chi connectivity index (χ1v) is 4.39. The maximum absolute atomic E-state index is 8.77. The maximum atomic E-state index is 8.77. The van der Waals surface area contributed by atoms with Gasteiger partial charge < -0.3 is 9.84 Å². The van der Waals surface area contributed by atoms with Crippen molar-refractivity contribution in [1.29, 1.82) is 0 Å². The van der Waals surface area contributed by atoms with Gasteiger partial charge in [-0.15, -0.1) is 0 Å². The lowest BCUT2D eigenvalue weighted by Crippen LogP contribution is -2.25. The highest BCUT2D eigenvalue weighted by Gasteiger charge is 2.18. The fourth-order valence-electron chi connectivity index (χ4n) is 0.827. The van der Waals surface area contributed by atoms with Crippen LogP contribution < -0.4 is 0 Å². The molecule has 12 heavy (non-hydrogen) atoms. The van der Waals surface area contributed by atoms with Gasteiger partial charge in [0.05, 0.1) is 12.2 Å². The van der Waals surface area contributed by atoms with Gasteiger partial charge in [0.1, 0.15) is 0 Å². The average Bonchev–Trinajstić information content (AvgIpc) is 2.13. The summed E-state index contributed by atoms with van der Waals surface area (Å²) in [5.74, 6) is 0. The quantitative estimate of drug-likeness (QED) is 0.644. The van der Waals surface area contributed by atoms with Crippen molar-refractivity contribution in [1.82, 2.24) is 0 Å². The highest BCUT2D eigenvalue weighted by Crippen LogP contribution is 2.19. The molecule has 0 aromatic rings. The molecule has 0 spiro atoms. The van der Waals surface area contributed by atoms with Gasteiger partial charge in [0.25, 0.3) is 0 Å². The van der Waals surface area contributed by atoms with Crippen LogP contribution in [0.3, 0.4) is 0 Å². The SMILES string of the molecule is CCC(C)(CC=C(C)CO)OC. The summed E-state index contributed by atoms with van der Waals surface area (Å²) in [4.78, 5) is 0. The molecule has 72 valence electrons. The smallest absolute Gasteiger partial charge is 0.0682 e. The second kappa shape index (κ2) is 5.33. The van der Waals surface area contributed by atoms with Crippen LogP contribution in [0.1, 0.15) is 33.6 Å². The molecule has 1 atom stereocenters. The molecule has 0 aliphatic heterocycles. The first-order chi connectivity index (χ1) is 5.58. The van der Waals surface area contributed by atoms with Crippen LogP contribution in [-0.4, -0.2) is 24.4 Å². The van der Waals surface area contributed by atoms with Gasteiger partial charge in [-0.3, -0.25) is 0 Å². The molecule has 0 aromatic carbocycles. The Bertz CT molecular complexity index is 146. The minimum Gasteiger partial charge on any atom is -0.392 e. The minimum absolute atomic E-state index is 0.0730. The lowest BCUT2D eigenvalue weighted by atomic mass is 9.97. The van der Waals surface area contributed by atoms with Gasteiger partial charge in [0, 0.05) is 7.11 Å². The van der Waals surface area contributed by atoms with Crippen LogP contribution >= 0.6 is 0 Å². The number of hydrogen-bond donors (Lipinski definition) is 1. The van der Waals surface area contributed by atoms with E-state index >= 15 is 0 Å². The van der Waals surface area contributed by atoms with Crippen molar-refractivity contribution < 1.29 is 9.84 Å². The van der Waals surface area contributed by atoms with Crippen LogP contribution in [0.2, 0.25) is 0 Å². The Balaban J connectivity index is 4.04. The van der Waals surface area contributed by atoms with Crippen LogP contribution in [-0.2, 0) is 4.74 Å². The van der Waals surface area contributed by atoms with Gasteiger partial charge in [-0.05, 0) is 26.7 Å². The Labute approximate surface area is 75.2 Å². The van der Waals surface area contributed by atoms with Crippen LogP contribution in [0, 0.1) is 0 Å². The molecule has 0 aromatic heterocycles. The summed E-state index contributed by atoms with van der Waals surface area (Å²) in [5.41, 5.74) is 0.933. The van der Waals surface area contributed by atoms with Crippen molar-refractivity contribution in [2.45, 2.75) is 39.2 Å². The number of aliphatic hydroxyl groups is 1. The third kappa shape index (κ3) is 3.88. The van der Waals surface area contributed by atoms with Gasteiger partial charge in [0.2, 0.25) is 0 Å². The highest BCUT2D eigenvalue weighted by molar-refractivity contribution is 5.00. The molecular weight excluding hydrogens is 152 g/mol. The molecule has 0 fully saturated rings. The molecule has 0 bridgehead atoms. The summed E-state index contributed by atoms with van der Waals surface area (Å²) in [6.45, 7) is 6.25. The lowest BCUT2D eigenvalue weighted by molar-refractivity contribution is 0.00531. The summed E-state index contributed by atoms with van der Waals surface area (Å²) in [7, 11) is 1.73. The van der Waals surface area contributed by atoms with E-state index in [1.807, 2.05) is 13.0 Å². The third-order valence-electron chi connectivity index (χ3n) is 2.37. The largest absolute Gasteiger partial charge is 0.392 e. The molecule has 1 N–H and O–H groups in total. The molecule has 2 heteroatoms. The van der Waals surface area contributed by atoms with Crippen molar-refractivity contribution in [2.24, 2.45) is 0 Å². The Morgan fingerprint density at radius 2 is 2.17 bits per heavy atom. The van der Waals surface area contributed by atoms with Crippen molar-refractivity contribution >= 4 is 0 Å². The maximum Gasteiger partial charge on any atom is 0.0682 e. The zero-order valence-corrected chi connectivity index (χ0v) is 8.55. The summed E-state index contributed by atoms with van der Waals surface area (Å²) in [5, 5.41) is 8.77. The van der Waals surface area contributed by atoms with E-state index in [1.54, 1.807) is 7.11 Å². The summed E-state index contributed by atoms with van der Waals surface area (Å²) >= 11 is 0. The monoisotopic (exact) mass is 172 g/mol. The van der Waals surface area contributed by atoms with Crippen molar-refractivity contribution in [3.63, 3.8) is 0 Å². The molecule has 0 amide bonds. The van der Waals surface area contributed by atoms with Crippen LogP contribution in [0.5, 0.6) is 0 Å². The Hall–Kier alpha value is -0.340. The standard InChI is InChI=1S/C10H20O2/c1-5-10(3,12-4)7-6-9(2)8-11/h6,11H,5,7-8H2,1-4H3. The number of ether oxygens (including phenoxy) is 1. The molecule has 0 rings (SSSR count). The van der Waals surface area contributed by atoms with Gasteiger partial charge in [0.15, 0.2) is 0 Å². The topological polar surface area (TPSA) is 29.5 Å². The van der Waals surface area contributed by atoms with Crippen molar-refractivity contribution in [3.8, 4) is 0 Å². The van der Waals surface area contributed by atoms with E-state index in [-0.39, 0.29) is 12.2 Å². The fourth-order valence-corrected chi connectivity index (χ4v) is 0.827.